The van der Waals surface area contributed by atoms with E-state index in [0.717, 1.165) is 12.6 Å². The Kier molecular flexibility index (Phi) is 6.26. The van der Waals surface area contributed by atoms with Crippen molar-refractivity contribution in [2.75, 3.05) is 13.2 Å². The summed E-state index contributed by atoms with van der Waals surface area (Å²) in [6.07, 6.45) is 6.85. The summed E-state index contributed by atoms with van der Waals surface area (Å²) < 4.78 is 5.87. The van der Waals surface area contributed by atoms with Crippen LogP contribution in [0.2, 0.25) is 0 Å². The Balaban J connectivity index is 2.07. The average molecular weight is 213 g/mol. The Morgan fingerprint density at radius 3 is 2.40 bits per heavy atom. The molecule has 0 aromatic carbocycles. The maximum atomic E-state index is 5.87. The molecule has 1 aliphatic rings. The SMILES string of the molecule is CCCNC1CCC(OCC(C)C)CC1. The monoisotopic (exact) mass is 213 g/mol. The normalized spacial score (nSPS) is 27.2. The standard InChI is InChI=1S/C13H27NO/c1-4-9-14-12-5-7-13(8-6-12)15-10-11(2)3/h11-14H,4-10H2,1-3H3. The molecule has 2 nitrogen and oxygen atoms in total. The highest BCUT2D eigenvalue weighted by atomic mass is 16.5. The highest BCUT2D eigenvalue weighted by molar-refractivity contribution is 4.77. The van der Waals surface area contributed by atoms with Gasteiger partial charge in [0.1, 0.15) is 0 Å². The lowest BCUT2D eigenvalue weighted by Gasteiger charge is -2.29. The van der Waals surface area contributed by atoms with E-state index < -0.39 is 0 Å². The molecule has 15 heavy (non-hydrogen) atoms. The van der Waals surface area contributed by atoms with Crippen LogP contribution in [0.4, 0.5) is 0 Å². The number of hydrogen-bond acceptors (Lipinski definition) is 2. The van der Waals surface area contributed by atoms with Crippen molar-refractivity contribution in [3.8, 4) is 0 Å². The van der Waals surface area contributed by atoms with Crippen molar-refractivity contribution in [3.05, 3.63) is 0 Å². The van der Waals surface area contributed by atoms with Crippen LogP contribution in [0.15, 0.2) is 0 Å². The van der Waals surface area contributed by atoms with Crippen LogP contribution < -0.4 is 5.32 Å². The van der Waals surface area contributed by atoms with Crippen LogP contribution in [0.25, 0.3) is 0 Å². The van der Waals surface area contributed by atoms with Gasteiger partial charge < -0.3 is 10.1 Å². The third-order valence-electron chi connectivity index (χ3n) is 3.02. The second-order valence-corrected chi connectivity index (χ2v) is 5.15. The van der Waals surface area contributed by atoms with Gasteiger partial charge in [0.05, 0.1) is 6.10 Å². The minimum Gasteiger partial charge on any atom is -0.378 e. The van der Waals surface area contributed by atoms with Gasteiger partial charge in [-0.05, 0) is 44.6 Å². The van der Waals surface area contributed by atoms with Crippen molar-refractivity contribution in [1.82, 2.24) is 5.32 Å². The quantitative estimate of drug-likeness (QED) is 0.732. The molecule has 0 atom stereocenters. The second kappa shape index (κ2) is 7.24. The van der Waals surface area contributed by atoms with Gasteiger partial charge in [-0.2, -0.15) is 0 Å². The summed E-state index contributed by atoms with van der Waals surface area (Å²) >= 11 is 0. The van der Waals surface area contributed by atoms with E-state index in [4.69, 9.17) is 4.74 Å². The van der Waals surface area contributed by atoms with E-state index in [1.54, 1.807) is 0 Å². The molecule has 2 heteroatoms. The fourth-order valence-electron chi connectivity index (χ4n) is 2.11. The lowest BCUT2D eigenvalue weighted by Crippen LogP contribution is -2.36. The van der Waals surface area contributed by atoms with E-state index in [0.29, 0.717) is 12.0 Å². The lowest BCUT2D eigenvalue weighted by atomic mass is 9.93. The topological polar surface area (TPSA) is 21.3 Å². The average Bonchev–Trinajstić information content (AvgIpc) is 2.25. The number of hydrogen-bond donors (Lipinski definition) is 1. The molecule has 1 saturated carbocycles. The summed E-state index contributed by atoms with van der Waals surface area (Å²) in [4.78, 5) is 0. The van der Waals surface area contributed by atoms with Gasteiger partial charge >= 0.3 is 0 Å². The Labute approximate surface area is 94.8 Å². The smallest absolute Gasteiger partial charge is 0.0576 e. The van der Waals surface area contributed by atoms with Crippen LogP contribution >= 0.6 is 0 Å². The van der Waals surface area contributed by atoms with Crippen LogP contribution in [-0.4, -0.2) is 25.3 Å². The molecule has 1 N–H and O–H groups in total. The zero-order chi connectivity index (χ0) is 11.1. The zero-order valence-electron chi connectivity index (χ0n) is 10.6. The molecule has 0 aromatic heterocycles. The van der Waals surface area contributed by atoms with Crippen LogP contribution in [0.1, 0.15) is 52.9 Å². The molecule has 0 bridgehead atoms. The molecular weight excluding hydrogens is 186 g/mol. The Morgan fingerprint density at radius 2 is 1.87 bits per heavy atom. The van der Waals surface area contributed by atoms with Crippen molar-refractivity contribution in [2.45, 2.75) is 65.0 Å². The highest BCUT2D eigenvalue weighted by Crippen LogP contribution is 2.21. The van der Waals surface area contributed by atoms with E-state index in [-0.39, 0.29) is 0 Å². The first-order valence-electron chi connectivity index (χ1n) is 6.57. The van der Waals surface area contributed by atoms with Crippen LogP contribution in [0.3, 0.4) is 0 Å². The predicted molar refractivity (Wildman–Crippen MR) is 65.1 cm³/mol. The first kappa shape index (κ1) is 13.0. The molecule has 0 radical (unpaired) electrons. The van der Waals surface area contributed by atoms with Gasteiger partial charge in [-0.1, -0.05) is 20.8 Å². The maximum absolute atomic E-state index is 5.87. The zero-order valence-corrected chi connectivity index (χ0v) is 10.6. The molecule has 0 saturated heterocycles. The van der Waals surface area contributed by atoms with Gasteiger partial charge in [0.2, 0.25) is 0 Å². The molecule has 1 rings (SSSR count). The first-order chi connectivity index (χ1) is 7.22. The Morgan fingerprint density at radius 1 is 1.20 bits per heavy atom. The van der Waals surface area contributed by atoms with Gasteiger partial charge in [-0.3, -0.25) is 0 Å². The van der Waals surface area contributed by atoms with Gasteiger partial charge in [-0.25, -0.2) is 0 Å². The van der Waals surface area contributed by atoms with E-state index in [1.165, 1.54) is 38.6 Å². The van der Waals surface area contributed by atoms with E-state index in [2.05, 4.69) is 26.1 Å². The summed E-state index contributed by atoms with van der Waals surface area (Å²) in [5.74, 6) is 0.668. The third kappa shape index (κ3) is 5.53. The highest BCUT2D eigenvalue weighted by Gasteiger charge is 2.20. The largest absolute Gasteiger partial charge is 0.378 e. The van der Waals surface area contributed by atoms with E-state index in [1.807, 2.05) is 0 Å². The predicted octanol–water partition coefficient (Wildman–Crippen LogP) is 2.97. The molecule has 0 aromatic rings. The van der Waals surface area contributed by atoms with Gasteiger partial charge in [0.15, 0.2) is 0 Å². The van der Waals surface area contributed by atoms with Gasteiger partial charge in [0.25, 0.3) is 0 Å². The Hall–Kier alpha value is -0.0800. The summed E-state index contributed by atoms with van der Waals surface area (Å²) in [5, 5.41) is 3.60. The van der Waals surface area contributed by atoms with Crippen molar-refractivity contribution < 1.29 is 4.74 Å². The fraction of sp³-hybridized carbons (Fsp3) is 1.00. The maximum Gasteiger partial charge on any atom is 0.0576 e. The van der Waals surface area contributed by atoms with Crippen molar-refractivity contribution in [1.29, 1.82) is 0 Å². The van der Waals surface area contributed by atoms with Crippen molar-refractivity contribution in [3.63, 3.8) is 0 Å². The third-order valence-corrected chi connectivity index (χ3v) is 3.02. The van der Waals surface area contributed by atoms with Crippen LogP contribution in [0.5, 0.6) is 0 Å². The summed E-state index contributed by atoms with van der Waals surface area (Å²) in [6, 6.07) is 0.754. The molecule has 90 valence electrons. The summed E-state index contributed by atoms with van der Waals surface area (Å²) in [7, 11) is 0. The first-order valence-corrected chi connectivity index (χ1v) is 6.57. The van der Waals surface area contributed by atoms with Crippen molar-refractivity contribution >= 4 is 0 Å². The molecular formula is C13H27NO. The van der Waals surface area contributed by atoms with E-state index >= 15 is 0 Å². The second-order valence-electron chi connectivity index (χ2n) is 5.15. The lowest BCUT2D eigenvalue weighted by molar-refractivity contribution is 0.00857. The fourth-order valence-corrected chi connectivity index (χ4v) is 2.11. The molecule has 0 amide bonds. The van der Waals surface area contributed by atoms with Crippen LogP contribution in [-0.2, 0) is 4.74 Å². The molecule has 1 aliphatic carbocycles. The van der Waals surface area contributed by atoms with Crippen molar-refractivity contribution in [2.24, 2.45) is 5.92 Å². The molecule has 0 heterocycles. The minimum atomic E-state index is 0.534. The van der Waals surface area contributed by atoms with Gasteiger partial charge in [0, 0.05) is 12.6 Å². The molecule has 0 unspecified atom stereocenters. The number of rotatable bonds is 6. The molecule has 0 spiro atoms. The summed E-state index contributed by atoms with van der Waals surface area (Å²) in [5.41, 5.74) is 0. The van der Waals surface area contributed by atoms with Crippen LogP contribution in [0, 0.1) is 5.92 Å². The number of ether oxygens (including phenoxy) is 1. The van der Waals surface area contributed by atoms with E-state index in [9.17, 15) is 0 Å². The Bertz CT molecular complexity index is 151. The molecule has 1 fully saturated rings. The molecule has 0 aliphatic heterocycles. The number of nitrogens with one attached hydrogen (secondary N) is 1. The van der Waals surface area contributed by atoms with Gasteiger partial charge in [-0.15, -0.1) is 0 Å². The summed E-state index contributed by atoms with van der Waals surface area (Å²) in [6.45, 7) is 8.76. The minimum absolute atomic E-state index is 0.534.